The van der Waals surface area contributed by atoms with Crippen molar-refractivity contribution in [3.63, 3.8) is 0 Å². The Bertz CT molecular complexity index is 1070. The first-order chi connectivity index (χ1) is 14.6. The zero-order chi connectivity index (χ0) is 23.2. The highest BCUT2D eigenvalue weighted by atomic mass is 79.9. The summed E-state index contributed by atoms with van der Waals surface area (Å²) in [4.78, 5) is 24.4. The molecule has 2 rings (SSSR count). The Morgan fingerprint density at radius 3 is 2.45 bits per heavy atom. The van der Waals surface area contributed by atoms with E-state index in [4.69, 9.17) is 9.47 Å². The van der Waals surface area contributed by atoms with Crippen LogP contribution in [0.4, 0.5) is 5.69 Å². The van der Waals surface area contributed by atoms with Crippen LogP contribution in [0.25, 0.3) is 0 Å². The largest absolute Gasteiger partial charge is 0.493 e. The van der Waals surface area contributed by atoms with E-state index in [-0.39, 0.29) is 17.2 Å². The van der Waals surface area contributed by atoms with Gasteiger partial charge in [0, 0.05) is 13.2 Å². The van der Waals surface area contributed by atoms with Crippen molar-refractivity contribution in [2.75, 3.05) is 31.0 Å². The first-order valence-corrected chi connectivity index (χ1v) is 12.3. The van der Waals surface area contributed by atoms with Gasteiger partial charge < -0.3 is 20.1 Å². The van der Waals surface area contributed by atoms with Gasteiger partial charge in [-0.1, -0.05) is 12.1 Å². The second-order valence-corrected chi connectivity index (χ2v) is 9.79. The van der Waals surface area contributed by atoms with E-state index in [2.05, 4.69) is 26.6 Å². The zero-order valence-corrected chi connectivity index (χ0v) is 20.1. The molecule has 0 aromatic heterocycles. The molecule has 0 unspecified atom stereocenters. The molecule has 31 heavy (non-hydrogen) atoms. The van der Waals surface area contributed by atoms with Crippen molar-refractivity contribution in [3.8, 4) is 11.5 Å². The van der Waals surface area contributed by atoms with Crippen molar-refractivity contribution in [1.82, 2.24) is 5.32 Å². The lowest BCUT2D eigenvalue weighted by Gasteiger charge is -2.21. The molecule has 0 aliphatic heterocycles. The molecule has 0 saturated heterocycles. The Kier molecular flexibility index (Phi) is 8.46. The number of carbonyl (C=O) groups is 2. The fourth-order valence-electron chi connectivity index (χ4n) is 2.93. The summed E-state index contributed by atoms with van der Waals surface area (Å²) in [5.74, 6) is -0.138. The number of nitrogens with one attached hydrogen (secondary N) is 2. The number of benzene rings is 2. The lowest BCUT2D eigenvalue weighted by Crippen LogP contribution is -2.33. The van der Waals surface area contributed by atoms with Gasteiger partial charge in [-0.2, -0.15) is 0 Å². The SMILES string of the molecule is CCOc1cc([C@@H](CS(C)(=O)=O)NC(=O)c2cccc(NC(C)=O)c2Br)ccc1OC. The van der Waals surface area contributed by atoms with Crippen molar-refractivity contribution in [2.45, 2.75) is 19.9 Å². The van der Waals surface area contributed by atoms with E-state index in [0.29, 0.717) is 33.8 Å². The number of sulfone groups is 1. The first kappa shape index (κ1) is 24.7. The average Bonchev–Trinajstić information content (AvgIpc) is 2.68. The molecule has 0 bridgehead atoms. The van der Waals surface area contributed by atoms with Crippen molar-refractivity contribution in [1.29, 1.82) is 0 Å². The van der Waals surface area contributed by atoms with Gasteiger partial charge in [0.25, 0.3) is 5.91 Å². The summed E-state index contributed by atoms with van der Waals surface area (Å²) in [6.07, 6.45) is 1.10. The summed E-state index contributed by atoms with van der Waals surface area (Å²) in [5, 5.41) is 5.41. The molecule has 0 fully saturated rings. The molecule has 0 spiro atoms. The zero-order valence-electron chi connectivity index (χ0n) is 17.7. The predicted molar refractivity (Wildman–Crippen MR) is 123 cm³/mol. The molecule has 8 nitrogen and oxygen atoms in total. The van der Waals surface area contributed by atoms with Gasteiger partial charge in [-0.3, -0.25) is 9.59 Å². The number of hydrogen-bond acceptors (Lipinski definition) is 6. The number of rotatable bonds is 9. The maximum absolute atomic E-state index is 13.0. The summed E-state index contributed by atoms with van der Waals surface area (Å²) in [6, 6.07) is 9.01. The highest BCUT2D eigenvalue weighted by molar-refractivity contribution is 9.10. The quantitative estimate of drug-likeness (QED) is 0.532. The van der Waals surface area contributed by atoms with Crippen LogP contribution in [0.3, 0.4) is 0 Å². The van der Waals surface area contributed by atoms with E-state index in [0.717, 1.165) is 6.26 Å². The number of ether oxygens (including phenoxy) is 2. The Morgan fingerprint density at radius 2 is 1.87 bits per heavy atom. The van der Waals surface area contributed by atoms with Crippen LogP contribution in [0.15, 0.2) is 40.9 Å². The lowest BCUT2D eigenvalue weighted by atomic mass is 10.1. The highest BCUT2D eigenvalue weighted by Crippen LogP contribution is 2.32. The van der Waals surface area contributed by atoms with E-state index < -0.39 is 21.8 Å². The molecule has 1 atom stereocenters. The fourth-order valence-corrected chi connectivity index (χ4v) is 4.36. The molecule has 2 aromatic rings. The lowest BCUT2D eigenvalue weighted by molar-refractivity contribution is -0.114. The van der Waals surface area contributed by atoms with Crippen LogP contribution in [0.1, 0.15) is 35.8 Å². The number of amides is 2. The molecular weight excluding hydrogens is 488 g/mol. The first-order valence-electron chi connectivity index (χ1n) is 9.41. The molecule has 168 valence electrons. The van der Waals surface area contributed by atoms with Crippen molar-refractivity contribution >= 4 is 43.3 Å². The number of carbonyl (C=O) groups excluding carboxylic acids is 2. The molecular formula is C21H25BrN2O6S. The van der Waals surface area contributed by atoms with Crippen LogP contribution in [0, 0.1) is 0 Å². The van der Waals surface area contributed by atoms with Crippen LogP contribution in [0.2, 0.25) is 0 Å². The fraction of sp³-hybridized carbons (Fsp3) is 0.333. The minimum Gasteiger partial charge on any atom is -0.493 e. The van der Waals surface area contributed by atoms with E-state index in [1.54, 1.807) is 36.4 Å². The molecule has 0 aliphatic rings. The summed E-state index contributed by atoms with van der Waals surface area (Å²) in [6.45, 7) is 3.58. The van der Waals surface area contributed by atoms with Crippen molar-refractivity contribution in [2.24, 2.45) is 0 Å². The number of anilines is 1. The second kappa shape index (κ2) is 10.6. The van der Waals surface area contributed by atoms with E-state index in [9.17, 15) is 18.0 Å². The number of methoxy groups -OCH3 is 1. The van der Waals surface area contributed by atoms with Crippen molar-refractivity contribution in [3.05, 3.63) is 52.0 Å². The maximum Gasteiger partial charge on any atom is 0.253 e. The van der Waals surface area contributed by atoms with Crippen LogP contribution in [0.5, 0.6) is 11.5 Å². The van der Waals surface area contributed by atoms with Gasteiger partial charge in [-0.15, -0.1) is 0 Å². The molecule has 0 aliphatic carbocycles. The van der Waals surface area contributed by atoms with Gasteiger partial charge >= 0.3 is 0 Å². The topological polar surface area (TPSA) is 111 Å². The Morgan fingerprint density at radius 1 is 1.16 bits per heavy atom. The molecule has 10 heteroatoms. The average molecular weight is 513 g/mol. The smallest absolute Gasteiger partial charge is 0.253 e. The highest BCUT2D eigenvalue weighted by Gasteiger charge is 2.23. The minimum absolute atomic E-state index is 0.253. The Labute approximate surface area is 190 Å². The monoisotopic (exact) mass is 512 g/mol. The van der Waals surface area contributed by atoms with Crippen LogP contribution in [-0.4, -0.2) is 46.0 Å². The van der Waals surface area contributed by atoms with Gasteiger partial charge in [0.05, 0.1) is 41.2 Å². The number of hydrogen-bond donors (Lipinski definition) is 2. The molecule has 2 aromatic carbocycles. The third-order valence-electron chi connectivity index (χ3n) is 4.22. The summed E-state index contributed by atoms with van der Waals surface area (Å²) in [7, 11) is -1.92. The molecule has 2 amide bonds. The molecule has 0 heterocycles. The van der Waals surface area contributed by atoms with Crippen molar-refractivity contribution < 1.29 is 27.5 Å². The van der Waals surface area contributed by atoms with Gasteiger partial charge in [0.15, 0.2) is 11.5 Å². The normalized spacial score (nSPS) is 12.0. The molecule has 0 saturated carbocycles. The van der Waals surface area contributed by atoms with E-state index in [1.165, 1.54) is 14.0 Å². The number of halogens is 1. The third-order valence-corrected chi connectivity index (χ3v) is 6.01. The van der Waals surface area contributed by atoms with Crippen LogP contribution >= 0.6 is 15.9 Å². The summed E-state index contributed by atoms with van der Waals surface area (Å²) < 4.78 is 35.3. The van der Waals surface area contributed by atoms with Gasteiger partial charge in [-0.25, -0.2) is 8.42 Å². The minimum atomic E-state index is -3.43. The predicted octanol–water partition coefficient (Wildman–Crippen LogP) is 3.33. The maximum atomic E-state index is 13.0. The van der Waals surface area contributed by atoms with E-state index in [1.807, 2.05) is 6.92 Å². The molecule has 2 N–H and O–H groups in total. The van der Waals surface area contributed by atoms with Crippen LogP contribution < -0.4 is 20.1 Å². The molecule has 0 radical (unpaired) electrons. The Balaban J connectivity index is 2.41. The van der Waals surface area contributed by atoms with Gasteiger partial charge in [0.1, 0.15) is 9.84 Å². The van der Waals surface area contributed by atoms with Crippen LogP contribution in [-0.2, 0) is 14.6 Å². The third kappa shape index (κ3) is 6.96. The Hall–Kier alpha value is -2.59. The summed E-state index contributed by atoms with van der Waals surface area (Å²) in [5.41, 5.74) is 1.24. The van der Waals surface area contributed by atoms with E-state index >= 15 is 0 Å². The van der Waals surface area contributed by atoms with Gasteiger partial charge in [0.2, 0.25) is 5.91 Å². The van der Waals surface area contributed by atoms with Gasteiger partial charge in [-0.05, 0) is 52.7 Å². The second-order valence-electron chi connectivity index (χ2n) is 6.81. The standard InChI is InChI=1S/C21H25BrN2O6S/c1-5-30-19-11-14(9-10-18(19)29-3)17(12-31(4,27)28)24-21(26)15-7-6-8-16(20(15)22)23-13(2)25/h6-11,17H,5,12H2,1-4H3,(H,23,25)(H,24,26)/t17-/m1/s1. The summed E-state index contributed by atoms with van der Waals surface area (Å²) >= 11 is 3.34.